The van der Waals surface area contributed by atoms with Crippen molar-refractivity contribution in [2.45, 2.75) is 31.5 Å². The quantitative estimate of drug-likeness (QED) is 0.536. The Morgan fingerprint density at radius 1 is 0.941 bits per heavy atom. The Labute approximate surface area is 197 Å². The number of ether oxygens (including phenoxy) is 1. The van der Waals surface area contributed by atoms with Crippen LogP contribution in [0.3, 0.4) is 0 Å². The molecule has 2 aliphatic rings. The van der Waals surface area contributed by atoms with Crippen LogP contribution in [0, 0.1) is 0 Å². The Kier molecular flexibility index (Phi) is 5.76. The summed E-state index contributed by atoms with van der Waals surface area (Å²) in [5.74, 6) is -0.0193. The molecule has 7 nitrogen and oxygen atoms in total. The van der Waals surface area contributed by atoms with E-state index in [0.717, 1.165) is 32.9 Å². The van der Waals surface area contributed by atoms with Crippen LogP contribution in [-0.4, -0.2) is 29.3 Å². The predicted molar refractivity (Wildman–Crippen MR) is 126 cm³/mol. The average molecular weight is 456 g/mol. The number of carbonyl (C=O) groups excluding carboxylic acids is 3. The van der Waals surface area contributed by atoms with Gasteiger partial charge in [-0.1, -0.05) is 66.7 Å². The summed E-state index contributed by atoms with van der Waals surface area (Å²) in [4.78, 5) is 39.3. The molecule has 172 valence electrons. The molecule has 3 aromatic rings. The Morgan fingerprint density at radius 2 is 1.68 bits per heavy atom. The minimum atomic E-state index is -1.05. The van der Waals surface area contributed by atoms with Crippen LogP contribution in [0.15, 0.2) is 78.9 Å². The van der Waals surface area contributed by atoms with Crippen LogP contribution in [0.25, 0.3) is 0 Å². The molecule has 1 atom stereocenters. The molecule has 2 N–H and O–H groups in total. The SMILES string of the molecule is O=C(CN1C(=O)NC2(CCc3ccccc32)C1=O)NCc1ccc(OCc2ccccc2)cc1. The van der Waals surface area contributed by atoms with Gasteiger partial charge in [-0.15, -0.1) is 0 Å². The topological polar surface area (TPSA) is 87.7 Å². The average Bonchev–Trinajstić information content (AvgIpc) is 3.35. The number of amides is 4. The third-order valence-corrected chi connectivity index (χ3v) is 6.39. The van der Waals surface area contributed by atoms with Crippen molar-refractivity contribution in [2.75, 3.05) is 6.54 Å². The summed E-state index contributed by atoms with van der Waals surface area (Å²) in [6.07, 6.45) is 1.22. The summed E-state index contributed by atoms with van der Waals surface area (Å²) in [6.45, 7) is 0.455. The van der Waals surface area contributed by atoms with Gasteiger partial charge < -0.3 is 15.4 Å². The number of nitrogens with one attached hydrogen (secondary N) is 2. The molecule has 1 saturated heterocycles. The van der Waals surface area contributed by atoms with E-state index in [-0.39, 0.29) is 19.0 Å². The van der Waals surface area contributed by atoms with Gasteiger partial charge in [-0.3, -0.25) is 14.5 Å². The molecule has 5 rings (SSSR count). The second-order valence-corrected chi connectivity index (χ2v) is 8.58. The second kappa shape index (κ2) is 9.02. The maximum atomic E-state index is 13.2. The number of rotatable bonds is 7. The van der Waals surface area contributed by atoms with E-state index in [1.54, 1.807) is 0 Å². The van der Waals surface area contributed by atoms with Crippen molar-refractivity contribution in [2.24, 2.45) is 0 Å². The van der Waals surface area contributed by atoms with Gasteiger partial charge in [-0.05, 0) is 47.2 Å². The molecule has 4 amide bonds. The number of urea groups is 1. The zero-order chi connectivity index (χ0) is 23.5. The van der Waals surface area contributed by atoms with E-state index in [1.807, 2.05) is 78.9 Å². The molecular weight excluding hydrogens is 430 g/mol. The molecule has 1 fully saturated rings. The highest BCUT2D eigenvalue weighted by Crippen LogP contribution is 2.41. The van der Waals surface area contributed by atoms with Crippen molar-refractivity contribution in [1.82, 2.24) is 15.5 Å². The lowest BCUT2D eigenvalue weighted by atomic mass is 9.92. The molecule has 1 aliphatic heterocycles. The van der Waals surface area contributed by atoms with Crippen molar-refractivity contribution in [3.05, 3.63) is 101 Å². The monoisotopic (exact) mass is 455 g/mol. The van der Waals surface area contributed by atoms with Gasteiger partial charge in [0.05, 0.1) is 0 Å². The lowest BCUT2D eigenvalue weighted by Gasteiger charge is -2.22. The minimum Gasteiger partial charge on any atom is -0.489 e. The highest BCUT2D eigenvalue weighted by atomic mass is 16.5. The number of benzene rings is 3. The zero-order valence-electron chi connectivity index (χ0n) is 18.6. The Balaban J connectivity index is 1.15. The van der Waals surface area contributed by atoms with E-state index in [2.05, 4.69) is 10.6 Å². The number of hydrogen-bond acceptors (Lipinski definition) is 4. The van der Waals surface area contributed by atoms with Crippen molar-refractivity contribution < 1.29 is 19.1 Å². The van der Waals surface area contributed by atoms with Crippen LogP contribution in [-0.2, 0) is 34.7 Å². The normalized spacial score (nSPS) is 18.6. The van der Waals surface area contributed by atoms with Crippen LogP contribution in [0.5, 0.6) is 5.75 Å². The van der Waals surface area contributed by atoms with Crippen molar-refractivity contribution in [3.63, 3.8) is 0 Å². The maximum absolute atomic E-state index is 13.2. The number of hydrogen-bond donors (Lipinski definition) is 2. The first-order valence-electron chi connectivity index (χ1n) is 11.3. The van der Waals surface area contributed by atoms with Crippen LogP contribution in [0.2, 0.25) is 0 Å². The minimum absolute atomic E-state index is 0.287. The molecule has 0 saturated carbocycles. The molecule has 3 aromatic carbocycles. The largest absolute Gasteiger partial charge is 0.489 e. The van der Waals surface area contributed by atoms with Crippen molar-refractivity contribution in [1.29, 1.82) is 0 Å². The number of imide groups is 1. The molecule has 34 heavy (non-hydrogen) atoms. The Hall–Kier alpha value is -4.13. The molecule has 0 aromatic heterocycles. The van der Waals surface area contributed by atoms with E-state index in [4.69, 9.17) is 4.74 Å². The first-order valence-corrected chi connectivity index (χ1v) is 11.3. The fourth-order valence-electron chi connectivity index (χ4n) is 4.58. The van der Waals surface area contributed by atoms with Crippen LogP contribution < -0.4 is 15.4 Å². The number of aryl methyl sites for hydroxylation is 1. The van der Waals surface area contributed by atoms with Crippen LogP contribution in [0.1, 0.15) is 28.7 Å². The van der Waals surface area contributed by atoms with Gasteiger partial charge in [0.15, 0.2) is 0 Å². The van der Waals surface area contributed by atoms with Crippen molar-refractivity contribution >= 4 is 17.8 Å². The van der Waals surface area contributed by atoms with E-state index in [1.165, 1.54) is 0 Å². The van der Waals surface area contributed by atoms with Gasteiger partial charge in [0.1, 0.15) is 24.4 Å². The summed E-state index contributed by atoms with van der Waals surface area (Å²) < 4.78 is 5.78. The first-order chi connectivity index (χ1) is 16.5. The second-order valence-electron chi connectivity index (χ2n) is 8.58. The Morgan fingerprint density at radius 3 is 2.47 bits per heavy atom. The summed E-state index contributed by atoms with van der Waals surface area (Å²) in [5.41, 5.74) is 2.80. The molecule has 7 heteroatoms. The van der Waals surface area contributed by atoms with E-state index in [9.17, 15) is 14.4 Å². The summed E-state index contributed by atoms with van der Waals surface area (Å²) >= 11 is 0. The molecule has 1 unspecified atom stereocenters. The fraction of sp³-hybridized carbons (Fsp3) is 0.222. The van der Waals surface area contributed by atoms with Gasteiger partial charge >= 0.3 is 6.03 Å². The summed E-state index contributed by atoms with van der Waals surface area (Å²) in [5, 5.41) is 5.63. The van der Waals surface area contributed by atoms with E-state index in [0.29, 0.717) is 19.4 Å². The van der Waals surface area contributed by atoms with Crippen LogP contribution in [0.4, 0.5) is 4.79 Å². The van der Waals surface area contributed by atoms with Gasteiger partial charge in [0, 0.05) is 6.54 Å². The van der Waals surface area contributed by atoms with Crippen molar-refractivity contribution in [3.8, 4) is 5.75 Å². The first kappa shape index (κ1) is 21.7. The molecular formula is C27H25N3O4. The highest BCUT2D eigenvalue weighted by molar-refractivity contribution is 6.09. The van der Waals surface area contributed by atoms with Gasteiger partial charge in [0.2, 0.25) is 5.91 Å². The third kappa shape index (κ3) is 4.12. The van der Waals surface area contributed by atoms with Gasteiger partial charge in [-0.2, -0.15) is 0 Å². The summed E-state index contributed by atoms with van der Waals surface area (Å²) in [6, 6.07) is 24.4. The maximum Gasteiger partial charge on any atom is 0.325 e. The zero-order valence-corrected chi connectivity index (χ0v) is 18.6. The smallest absolute Gasteiger partial charge is 0.325 e. The van der Waals surface area contributed by atoms with Gasteiger partial charge in [0.25, 0.3) is 5.91 Å². The predicted octanol–water partition coefficient (Wildman–Crippen LogP) is 3.28. The van der Waals surface area contributed by atoms with Crippen LogP contribution >= 0.6 is 0 Å². The standard InChI is InChI=1S/C27H25N3O4/c31-24(28-16-19-10-12-22(13-11-19)34-18-20-6-2-1-3-7-20)17-30-25(32)27(29-26(30)33)15-14-21-8-4-5-9-23(21)27/h1-13H,14-18H2,(H,28,31)(H,29,33). The fourth-order valence-corrected chi connectivity index (χ4v) is 4.58. The molecule has 1 spiro atoms. The molecule has 0 bridgehead atoms. The lowest BCUT2D eigenvalue weighted by molar-refractivity contribution is -0.135. The highest BCUT2D eigenvalue weighted by Gasteiger charge is 2.55. The van der Waals surface area contributed by atoms with Gasteiger partial charge in [-0.25, -0.2) is 4.79 Å². The lowest BCUT2D eigenvalue weighted by Crippen LogP contribution is -2.43. The third-order valence-electron chi connectivity index (χ3n) is 6.39. The number of fused-ring (bicyclic) bond motifs is 2. The molecule has 0 radical (unpaired) electrons. The van der Waals surface area contributed by atoms with E-state index < -0.39 is 17.5 Å². The Bertz CT molecular complexity index is 1230. The molecule has 1 aliphatic carbocycles. The summed E-state index contributed by atoms with van der Waals surface area (Å²) in [7, 11) is 0. The van der Waals surface area contributed by atoms with E-state index >= 15 is 0 Å². The number of nitrogens with zero attached hydrogens (tertiary/aromatic N) is 1. The number of carbonyl (C=O) groups is 3. The molecule has 1 heterocycles.